The lowest BCUT2D eigenvalue weighted by atomic mass is 10.2. The molecule has 0 unspecified atom stereocenters. The first-order valence-corrected chi connectivity index (χ1v) is 5.79. The number of nitrogens with two attached hydrogens (primary N) is 1. The van der Waals surface area contributed by atoms with Gasteiger partial charge in [-0.1, -0.05) is 6.07 Å². The number of pyridine rings is 1. The van der Waals surface area contributed by atoms with E-state index < -0.39 is 11.8 Å². The van der Waals surface area contributed by atoms with Gasteiger partial charge in [0, 0.05) is 24.0 Å². The minimum atomic E-state index is -0.562. The van der Waals surface area contributed by atoms with E-state index in [0.29, 0.717) is 6.42 Å². The van der Waals surface area contributed by atoms with E-state index in [4.69, 9.17) is 10.5 Å². The Morgan fingerprint density at radius 2 is 2.16 bits per heavy atom. The molecule has 4 nitrogen and oxygen atoms in total. The van der Waals surface area contributed by atoms with Gasteiger partial charge < -0.3 is 10.5 Å². The van der Waals surface area contributed by atoms with Gasteiger partial charge in [0.1, 0.15) is 5.82 Å². The summed E-state index contributed by atoms with van der Waals surface area (Å²) in [4.78, 5) is 15.8. The zero-order valence-corrected chi connectivity index (χ0v) is 10.2. The fraction of sp³-hybridized carbons (Fsp3) is 0.143. The number of aromatic nitrogens is 1. The quantitative estimate of drug-likeness (QED) is 0.676. The monoisotopic (exact) mass is 260 g/mol. The normalized spacial score (nSPS) is 10.2. The highest BCUT2D eigenvalue weighted by molar-refractivity contribution is 5.94. The third-order valence-corrected chi connectivity index (χ3v) is 2.55. The zero-order valence-electron chi connectivity index (χ0n) is 10.2. The minimum Gasteiger partial charge on any atom is -0.462 e. The smallest absolute Gasteiger partial charge is 0.340 e. The topological polar surface area (TPSA) is 65.2 Å². The Balaban J connectivity index is 1.91. The van der Waals surface area contributed by atoms with Crippen LogP contribution < -0.4 is 5.73 Å². The van der Waals surface area contributed by atoms with Crippen LogP contribution in [0.3, 0.4) is 0 Å². The second-order valence-electron chi connectivity index (χ2n) is 3.94. The Kier molecular flexibility index (Phi) is 4.07. The number of anilines is 1. The Labute approximate surface area is 110 Å². The molecule has 1 heterocycles. The molecule has 1 aromatic heterocycles. The van der Waals surface area contributed by atoms with E-state index in [1.54, 1.807) is 6.20 Å². The summed E-state index contributed by atoms with van der Waals surface area (Å²) in [6.07, 6.45) is 2.20. The lowest BCUT2D eigenvalue weighted by Crippen LogP contribution is -2.11. The molecule has 2 aromatic rings. The average molecular weight is 260 g/mol. The number of carbonyl (C=O) groups excluding carboxylic acids is 1. The van der Waals surface area contributed by atoms with Crippen LogP contribution in [0.4, 0.5) is 10.1 Å². The van der Waals surface area contributed by atoms with E-state index in [1.165, 1.54) is 12.1 Å². The summed E-state index contributed by atoms with van der Waals surface area (Å²) < 4.78 is 17.9. The molecule has 0 atom stereocenters. The number of ether oxygens (including phenoxy) is 1. The number of nitrogens with zero attached hydrogens (tertiary/aromatic N) is 1. The maximum Gasteiger partial charge on any atom is 0.340 e. The molecule has 0 amide bonds. The van der Waals surface area contributed by atoms with Crippen molar-refractivity contribution in [2.24, 2.45) is 0 Å². The van der Waals surface area contributed by atoms with E-state index >= 15 is 0 Å². The van der Waals surface area contributed by atoms with Crippen molar-refractivity contribution in [2.45, 2.75) is 6.42 Å². The molecule has 5 heteroatoms. The van der Waals surface area contributed by atoms with Gasteiger partial charge >= 0.3 is 5.97 Å². The van der Waals surface area contributed by atoms with Crippen LogP contribution in [0.15, 0.2) is 42.6 Å². The highest BCUT2D eigenvalue weighted by Gasteiger charge is 2.11. The van der Waals surface area contributed by atoms with Crippen LogP contribution in [0.5, 0.6) is 0 Å². The number of halogens is 1. The average Bonchev–Trinajstić information content (AvgIpc) is 2.39. The van der Waals surface area contributed by atoms with Crippen molar-refractivity contribution >= 4 is 11.7 Å². The SMILES string of the molecule is Nc1cc(F)ccc1C(=O)OCCc1ccccn1. The second-order valence-corrected chi connectivity index (χ2v) is 3.94. The highest BCUT2D eigenvalue weighted by Crippen LogP contribution is 2.14. The summed E-state index contributed by atoms with van der Waals surface area (Å²) in [6.45, 7) is 0.201. The Morgan fingerprint density at radius 3 is 2.84 bits per heavy atom. The van der Waals surface area contributed by atoms with Crippen LogP contribution >= 0.6 is 0 Å². The fourth-order valence-electron chi connectivity index (χ4n) is 1.59. The largest absolute Gasteiger partial charge is 0.462 e. The van der Waals surface area contributed by atoms with Gasteiger partial charge in [-0.2, -0.15) is 0 Å². The number of hydrogen-bond donors (Lipinski definition) is 1. The summed E-state index contributed by atoms with van der Waals surface area (Å²) in [5.74, 6) is -1.05. The molecule has 0 bridgehead atoms. The first-order chi connectivity index (χ1) is 9.16. The van der Waals surface area contributed by atoms with Gasteiger partial charge in [0.2, 0.25) is 0 Å². The lowest BCUT2D eigenvalue weighted by molar-refractivity contribution is 0.0509. The molecule has 1 aromatic carbocycles. The first kappa shape index (κ1) is 13.0. The van der Waals surface area contributed by atoms with Crippen molar-refractivity contribution in [3.63, 3.8) is 0 Å². The molecule has 0 aliphatic carbocycles. The van der Waals surface area contributed by atoms with Crippen LogP contribution in [0.1, 0.15) is 16.1 Å². The molecule has 0 saturated heterocycles. The van der Waals surface area contributed by atoms with Gasteiger partial charge in [-0.15, -0.1) is 0 Å². The van der Waals surface area contributed by atoms with Crippen LogP contribution in [0, 0.1) is 5.82 Å². The molecule has 0 aliphatic heterocycles. The predicted octanol–water partition coefficient (Wildman–Crippen LogP) is 2.20. The number of esters is 1. The van der Waals surface area contributed by atoms with Crippen molar-refractivity contribution in [3.05, 3.63) is 59.7 Å². The number of rotatable bonds is 4. The number of nitrogen functional groups attached to an aromatic ring is 1. The summed E-state index contributed by atoms with van der Waals surface area (Å²) in [5.41, 5.74) is 6.63. The van der Waals surface area contributed by atoms with Crippen molar-refractivity contribution in [2.75, 3.05) is 12.3 Å². The van der Waals surface area contributed by atoms with Crippen molar-refractivity contribution in [1.29, 1.82) is 0 Å². The third-order valence-electron chi connectivity index (χ3n) is 2.55. The lowest BCUT2D eigenvalue weighted by Gasteiger charge is -2.06. The van der Waals surface area contributed by atoms with Crippen LogP contribution in [0.25, 0.3) is 0 Å². The predicted molar refractivity (Wildman–Crippen MR) is 69.0 cm³/mol. The second kappa shape index (κ2) is 5.95. The Bertz CT molecular complexity index is 573. The third kappa shape index (κ3) is 3.51. The highest BCUT2D eigenvalue weighted by atomic mass is 19.1. The van der Waals surface area contributed by atoms with E-state index in [0.717, 1.165) is 11.8 Å². The molecule has 98 valence electrons. The summed E-state index contributed by atoms with van der Waals surface area (Å²) in [7, 11) is 0. The molecular formula is C14H13FN2O2. The first-order valence-electron chi connectivity index (χ1n) is 5.79. The number of benzene rings is 1. The molecule has 0 spiro atoms. The van der Waals surface area contributed by atoms with Crippen molar-refractivity contribution in [1.82, 2.24) is 4.98 Å². The molecule has 0 radical (unpaired) electrons. The fourth-order valence-corrected chi connectivity index (χ4v) is 1.59. The molecule has 0 aliphatic rings. The molecule has 0 fully saturated rings. The summed E-state index contributed by atoms with van der Waals surface area (Å²) >= 11 is 0. The molecular weight excluding hydrogens is 247 g/mol. The molecule has 2 rings (SSSR count). The van der Waals surface area contributed by atoms with Crippen LogP contribution in [-0.4, -0.2) is 17.6 Å². The van der Waals surface area contributed by atoms with Crippen LogP contribution in [-0.2, 0) is 11.2 Å². The maximum atomic E-state index is 12.8. The van der Waals surface area contributed by atoms with E-state index in [1.807, 2.05) is 18.2 Å². The zero-order chi connectivity index (χ0) is 13.7. The van der Waals surface area contributed by atoms with Gasteiger partial charge in [0.15, 0.2) is 0 Å². The Morgan fingerprint density at radius 1 is 1.32 bits per heavy atom. The van der Waals surface area contributed by atoms with E-state index in [2.05, 4.69) is 4.98 Å². The van der Waals surface area contributed by atoms with E-state index in [-0.39, 0.29) is 17.9 Å². The van der Waals surface area contributed by atoms with Gasteiger partial charge in [-0.25, -0.2) is 9.18 Å². The van der Waals surface area contributed by atoms with Crippen LogP contribution in [0.2, 0.25) is 0 Å². The summed E-state index contributed by atoms with van der Waals surface area (Å²) in [5, 5.41) is 0. The van der Waals surface area contributed by atoms with Gasteiger partial charge in [0.25, 0.3) is 0 Å². The maximum absolute atomic E-state index is 12.8. The Hall–Kier alpha value is -2.43. The van der Waals surface area contributed by atoms with Gasteiger partial charge in [-0.3, -0.25) is 4.98 Å². The molecule has 2 N–H and O–H groups in total. The van der Waals surface area contributed by atoms with Gasteiger partial charge in [-0.05, 0) is 30.3 Å². The number of carbonyl (C=O) groups is 1. The van der Waals surface area contributed by atoms with Gasteiger partial charge in [0.05, 0.1) is 12.2 Å². The molecule has 19 heavy (non-hydrogen) atoms. The number of hydrogen-bond acceptors (Lipinski definition) is 4. The standard InChI is InChI=1S/C14H13FN2O2/c15-10-4-5-12(13(16)9-10)14(18)19-8-6-11-3-1-2-7-17-11/h1-5,7,9H,6,8,16H2. The van der Waals surface area contributed by atoms with Crippen molar-refractivity contribution in [3.8, 4) is 0 Å². The summed E-state index contributed by atoms with van der Waals surface area (Å²) in [6, 6.07) is 9.10. The van der Waals surface area contributed by atoms with E-state index in [9.17, 15) is 9.18 Å². The van der Waals surface area contributed by atoms with Crippen molar-refractivity contribution < 1.29 is 13.9 Å². The molecule has 0 saturated carbocycles. The minimum absolute atomic E-state index is 0.0721.